The first-order chi connectivity index (χ1) is 17.4. The van der Waals surface area contributed by atoms with Gasteiger partial charge >= 0.3 is 0 Å². The van der Waals surface area contributed by atoms with Crippen LogP contribution >= 0.6 is 0 Å². The Kier molecular flexibility index (Phi) is 6.41. The molecule has 0 spiro atoms. The van der Waals surface area contributed by atoms with Crippen LogP contribution in [0.15, 0.2) is 60.9 Å². The zero-order valence-electron chi connectivity index (χ0n) is 20.5. The third kappa shape index (κ3) is 5.22. The van der Waals surface area contributed by atoms with Crippen LogP contribution in [0.1, 0.15) is 42.6 Å². The summed E-state index contributed by atoms with van der Waals surface area (Å²) in [6, 6.07) is 15.6. The number of aromatic nitrogens is 3. The van der Waals surface area contributed by atoms with E-state index in [-0.39, 0.29) is 18.2 Å². The molecule has 8 heteroatoms. The normalized spacial score (nSPS) is 13.2. The molecule has 184 valence electrons. The van der Waals surface area contributed by atoms with Crippen molar-refractivity contribution in [2.45, 2.75) is 39.2 Å². The maximum atomic E-state index is 12.4. The Balaban J connectivity index is 1.55. The number of rotatable bonds is 9. The Labute approximate surface area is 210 Å². The summed E-state index contributed by atoms with van der Waals surface area (Å²) in [6.45, 7) is 5.03. The Hall–Kier alpha value is -4.20. The topological polar surface area (TPSA) is 114 Å². The summed E-state index contributed by atoms with van der Waals surface area (Å²) in [7, 11) is 0. The number of benzene rings is 2. The van der Waals surface area contributed by atoms with Gasteiger partial charge < -0.3 is 16.4 Å². The van der Waals surface area contributed by atoms with E-state index >= 15 is 0 Å². The predicted octanol–water partition coefficient (Wildman–Crippen LogP) is 4.05. The second-order valence-corrected chi connectivity index (χ2v) is 9.76. The Bertz CT molecular complexity index is 1420. The molecule has 0 aliphatic heterocycles. The second kappa shape index (κ2) is 9.81. The monoisotopic (exact) mass is 482 g/mol. The van der Waals surface area contributed by atoms with Crippen LogP contribution in [-0.4, -0.2) is 38.8 Å². The largest absolute Gasteiger partial charge is 0.369 e. The molecule has 0 bridgehead atoms. The average molecular weight is 483 g/mol. The molecule has 36 heavy (non-hydrogen) atoms. The highest BCUT2D eigenvalue weighted by Gasteiger charge is 2.23. The third-order valence-electron chi connectivity index (χ3n) is 6.13. The zero-order chi connectivity index (χ0) is 25.2. The van der Waals surface area contributed by atoms with Crippen molar-refractivity contribution >= 4 is 23.3 Å². The first kappa shape index (κ1) is 23.5. The molecule has 0 saturated heterocycles. The van der Waals surface area contributed by atoms with Crippen molar-refractivity contribution < 1.29 is 9.59 Å². The molecule has 2 amide bonds. The molecule has 4 N–H and O–H groups in total. The minimum absolute atomic E-state index is 0.0373. The van der Waals surface area contributed by atoms with Crippen molar-refractivity contribution in [1.82, 2.24) is 19.7 Å². The van der Waals surface area contributed by atoms with E-state index in [0.29, 0.717) is 23.3 Å². The van der Waals surface area contributed by atoms with Crippen LogP contribution in [0, 0.1) is 5.92 Å². The van der Waals surface area contributed by atoms with Crippen LogP contribution in [0.2, 0.25) is 0 Å². The number of carbonyl (C=O) groups is 2. The lowest BCUT2D eigenvalue weighted by molar-refractivity contribution is -0.117. The summed E-state index contributed by atoms with van der Waals surface area (Å²) in [6.07, 6.45) is 6.06. The molecule has 0 unspecified atom stereocenters. The van der Waals surface area contributed by atoms with E-state index in [1.165, 1.54) is 0 Å². The van der Waals surface area contributed by atoms with Crippen molar-refractivity contribution in [2.75, 3.05) is 11.9 Å². The van der Waals surface area contributed by atoms with Gasteiger partial charge in [-0.1, -0.05) is 44.2 Å². The fraction of sp³-hybridized carbons (Fsp3) is 0.286. The Morgan fingerprint density at radius 1 is 1.11 bits per heavy atom. The van der Waals surface area contributed by atoms with E-state index < -0.39 is 0 Å². The smallest absolute Gasteiger partial charge is 0.251 e. The number of nitrogens with one attached hydrogen (secondary N) is 2. The minimum Gasteiger partial charge on any atom is -0.369 e. The number of nitrogens with zero attached hydrogens (tertiary/aromatic N) is 3. The quantitative estimate of drug-likeness (QED) is 0.333. The molecule has 2 aromatic heterocycles. The lowest BCUT2D eigenvalue weighted by atomic mass is 10.1. The highest BCUT2D eigenvalue weighted by Crippen LogP contribution is 2.29. The summed E-state index contributed by atoms with van der Waals surface area (Å²) in [4.78, 5) is 33.4. The average Bonchev–Trinajstić information content (AvgIpc) is 3.57. The van der Waals surface area contributed by atoms with Gasteiger partial charge in [0, 0.05) is 35.5 Å². The third-order valence-corrected chi connectivity index (χ3v) is 6.13. The van der Waals surface area contributed by atoms with Gasteiger partial charge in [-0.05, 0) is 42.5 Å². The summed E-state index contributed by atoms with van der Waals surface area (Å²) in [5, 5.41) is 6.46. The van der Waals surface area contributed by atoms with Crippen LogP contribution in [-0.2, 0) is 11.2 Å². The summed E-state index contributed by atoms with van der Waals surface area (Å²) in [5.74, 6) is 0.706. The van der Waals surface area contributed by atoms with Gasteiger partial charge in [-0.25, -0.2) is 9.97 Å². The zero-order valence-corrected chi connectivity index (χ0v) is 20.5. The van der Waals surface area contributed by atoms with E-state index in [2.05, 4.69) is 29.5 Å². The lowest BCUT2D eigenvalue weighted by Crippen LogP contribution is -2.25. The van der Waals surface area contributed by atoms with Crippen LogP contribution in [0.5, 0.6) is 0 Å². The van der Waals surface area contributed by atoms with Gasteiger partial charge in [0.25, 0.3) is 5.91 Å². The highest BCUT2D eigenvalue weighted by atomic mass is 16.2. The number of anilines is 1. The maximum Gasteiger partial charge on any atom is 0.251 e. The molecule has 0 atom stereocenters. The fourth-order valence-electron chi connectivity index (χ4n) is 4.09. The molecule has 1 aliphatic carbocycles. The van der Waals surface area contributed by atoms with Gasteiger partial charge in [-0.3, -0.25) is 14.0 Å². The van der Waals surface area contributed by atoms with Crippen molar-refractivity contribution in [3.8, 4) is 22.5 Å². The van der Waals surface area contributed by atoms with Crippen LogP contribution in [0.25, 0.3) is 28.2 Å². The van der Waals surface area contributed by atoms with Crippen LogP contribution in [0.3, 0.4) is 0 Å². The molecule has 8 nitrogen and oxygen atoms in total. The lowest BCUT2D eigenvalue weighted by Gasteiger charge is -2.13. The Morgan fingerprint density at radius 3 is 2.58 bits per heavy atom. The standard InChI is InChI=1S/C28H30N6O2/c1-17(2)14-30-26-27-31-15-24(19-6-8-20(9-7-19)28(36)32-22-10-11-22)34(27)16-23(33-26)21-5-3-4-18(12-21)13-25(29)35/h3-9,12,15-17,22H,10-11,13-14H2,1-2H3,(H2,29,35)(H,30,33)(H,32,36). The molecule has 1 saturated carbocycles. The summed E-state index contributed by atoms with van der Waals surface area (Å²) < 4.78 is 2.02. The fourth-order valence-corrected chi connectivity index (χ4v) is 4.09. The van der Waals surface area contributed by atoms with Gasteiger partial charge in [0.15, 0.2) is 11.5 Å². The molecular weight excluding hydrogens is 452 g/mol. The molecule has 2 heterocycles. The summed E-state index contributed by atoms with van der Waals surface area (Å²) >= 11 is 0. The molecule has 2 aromatic carbocycles. The van der Waals surface area contributed by atoms with Crippen molar-refractivity contribution in [3.05, 3.63) is 72.1 Å². The van der Waals surface area contributed by atoms with Crippen LogP contribution < -0.4 is 16.4 Å². The first-order valence-electron chi connectivity index (χ1n) is 12.3. The molecule has 1 fully saturated rings. The highest BCUT2D eigenvalue weighted by molar-refractivity contribution is 5.95. The Morgan fingerprint density at radius 2 is 1.89 bits per heavy atom. The van der Waals surface area contributed by atoms with Crippen molar-refractivity contribution in [2.24, 2.45) is 11.7 Å². The van der Waals surface area contributed by atoms with Gasteiger partial charge in [0.2, 0.25) is 5.91 Å². The number of carbonyl (C=O) groups excluding carboxylic acids is 2. The van der Waals surface area contributed by atoms with E-state index in [1.54, 1.807) is 0 Å². The maximum absolute atomic E-state index is 12.4. The summed E-state index contributed by atoms with van der Waals surface area (Å²) in [5.41, 5.74) is 11.1. The number of amides is 2. The molecule has 0 radical (unpaired) electrons. The van der Waals surface area contributed by atoms with Gasteiger partial charge in [-0.2, -0.15) is 0 Å². The predicted molar refractivity (Wildman–Crippen MR) is 141 cm³/mol. The van der Waals surface area contributed by atoms with E-state index in [0.717, 1.165) is 53.1 Å². The molecule has 5 rings (SSSR count). The molecular formula is C28H30N6O2. The number of imidazole rings is 1. The van der Waals surface area contributed by atoms with Crippen LogP contribution in [0.4, 0.5) is 5.82 Å². The van der Waals surface area contributed by atoms with E-state index in [1.807, 2.05) is 65.3 Å². The number of fused-ring (bicyclic) bond motifs is 1. The second-order valence-electron chi connectivity index (χ2n) is 9.76. The molecule has 1 aliphatic rings. The SMILES string of the molecule is CC(C)CNc1nc(-c2cccc(CC(N)=O)c2)cn2c(-c3ccc(C(=O)NC4CC4)cc3)cnc12. The number of hydrogen-bond acceptors (Lipinski definition) is 5. The van der Waals surface area contributed by atoms with Crippen molar-refractivity contribution in [3.63, 3.8) is 0 Å². The van der Waals surface area contributed by atoms with Gasteiger partial charge in [-0.15, -0.1) is 0 Å². The number of nitrogens with two attached hydrogens (primary N) is 1. The molecule has 4 aromatic rings. The van der Waals surface area contributed by atoms with E-state index in [4.69, 9.17) is 10.7 Å². The number of hydrogen-bond donors (Lipinski definition) is 3. The number of primary amides is 1. The van der Waals surface area contributed by atoms with Crippen molar-refractivity contribution in [1.29, 1.82) is 0 Å². The van der Waals surface area contributed by atoms with Gasteiger partial charge in [0.1, 0.15) is 0 Å². The first-order valence-corrected chi connectivity index (χ1v) is 12.3. The van der Waals surface area contributed by atoms with E-state index in [9.17, 15) is 9.59 Å². The van der Waals surface area contributed by atoms with Gasteiger partial charge in [0.05, 0.1) is 24.0 Å². The minimum atomic E-state index is -0.374.